The van der Waals surface area contributed by atoms with Crippen LogP contribution in [0.3, 0.4) is 0 Å². The number of piperazine rings is 1. The van der Waals surface area contributed by atoms with Crippen molar-refractivity contribution in [3.05, 3.63) is 18.2 Å². The minimum Gasteiger partial charge on any atom is -0.345 e. The first-order chi connectivity index (χ1) is 11.2. The van der Waals surface area contributed by atoms with E-state index in [4.69, 9.17) is 4.98 Å². The number of carbonyl (C=O) groups is 1. The molecule has 0 radical (unpaired) electrons. The zero-order chi connectivity index (χ0) is 16.2. The number of rotatable bonds is 5. The molecule has 0 bridgehead atoms. The maximum atomic E-state index is 12.1. The fourth-order valence-electron chi connectivity index (χ4n) is 2.79. The van der Waals surface area contributed by atoms with Gasteiger partial charge in [0.25, 0.3) is 0 Å². The number of hydrogen-bond acceptors (Lipinski definition) is 5. The molecule has 23 heavy (non-hydrogen) atoms. The summed E-state index contributed by atoms with van der Waals surface area (Å²) in [6, 6.07) is 6.44. The summed E-state index contributed by atoms with van der Waals surface area (Å²) in [5, 5.41) is 1.08. The Morgan fingerprint density at radius 1 is 1.30 bits per heavy atom. The number of aromatic nitrogens is 1. The van der Waals surface area contributed by atoms with Gasteiger partial charge in [0, 0.05) is 37.5 Å². The first-order valence-corrected chi connectivity index (χ1v) is 10.2. The number of fused-ring (bicyclic) bond motifs is 1. The van der Waals surface area contributed by atoms with Gasteiger partial charge in [0.2, 0.25) is 5.91 Å². The van der Waals surface area contributed by atoms with Crippen LogP contribution in [-0.4, -0.2) is 48.2 Å². The molecule has 2 aromatic rings. The van der Waals surface area contributed by atoms with E-state index >= 15 is 0 Å². The van der Waals surface area contributed by atoms with E-state index in [-0.39, 0.29) is 0 Å². The number of benzene rings is 1. The van der Waals surface area contributed by atoms with Crippen LogP contribution < -0.4 is 4.90 Å². The number of anilines is 1. The van der Waals surface area contributed by atoms with Crippen molar-refractivity contribution in [2.75, 3.05) is 37.3 Å². The molecule has 0 saturated carbocycles. The zero-order valence-electron chi connectivity index (χ0n) is 13.7. The lowest BCUT2D eigenvalue weighted by Crippen LogP contribution is -2.48. The van der Waals surface area contributed by atoms with Crippen molar-refractivity contribution in [3.8, 4) is 0 Å². The second kappa shape index (κ2) is 7.53. The van der Waals surface area contributed by atoms with E-state index in [0.717, 1.165) is 49.7 Å². The standard InChI is InChI=1S/C17H23N3OS2/c1-3-4-5-16(21)19-8-10-20(11-9-19)17-18-14-7-6-13(22-2)12-15(14)23-17/h6-7,12H,3-5,8-11H2,1-2H3. The molecule has 6 heteroatoms. The van der Waals surface area contributed by atoms with E-state index in [9.17, 15) is 4.79 Å². The number of nitrogens with zero attached hydrogens (tertiary/aromatic N) is 3. The number of thiazole rings is 1. The van der Waals surface area contributed by atoms with Crippen LogP contribution >= 0.6 is 23.1 Å². The minimum absolute atomic E-state index is 0.306. The molecule has 0 atom stereocenters. The van der Waals surface area contributed by atoms with E-state index < -0.39 is 0 Å². The summed E-state index contributed by atoms with van der Waals surface area (Å²) in [5.41, 5.74) is 1.07. The number of hydrogen-bond donors (Lipinski definition) is 0. The van der Waals surface area contributed by atoms with Crippen LogP contribution in [0.4, 0.5) is 5.13 Å². The number of amides is 1. The maximum absolute atomic E-state index is 12.1. The molecular weight excluding hydrogens is 326 g/mol. The molecule has 3 rings (SSSR count). The highest BCUT2D eigenvalue weighted by Crippen LogP contribution is 2.32. The Morgan fingerprint density at radius 3 is 2.78 bits per heavy atom. The van der Waals surface area contributed by atoms with Gasteiger partial charge in [0.1, 0.15) is 0 Å². The monoisotopic (exact) mass is 349 g/mol. The zero-order valence-corrected chi connectivity index (χ0v) is 15.4. The number of thioether (sulfide) groups is 1. The number of unbranched alkanes of at least 4 members (excludes halogenated alkanes) is 1. The minimum atomic E-state index is 0.306. The summed E-state index contributed by atoms with van der Waals surface area (Å²) in [4.78, 5) is 22.5. The molecule has 4 nitrogen and oxygen atoms in total. The molecule has 1 fully saturated rings. The van der Waals surface area contributed by atoms with Gasteiger partial charge < -0.3 is 9.80 Å². The summed E-state index contributed by atoms with van der Waals surface area (Å²) < 4.78 is 1.24. The second-order valence-electron chi connectivity index (χ2n) is 5.80. The van der Waals surface area contributed by atoms with E-state index in [1.54, 1.807) is 23.1 Å². The van der Waals surface area contributed by atoms with Crippen LogP contribution in [0.2, 0.25) is 0 Å². The third kappa shape index (κ3) is 3.80. The van der Waals surface area contributed by atoms with Crippen LogP contribution in [-0.2, 0) is 4.79 Å². The van der Waals surface area contributed by atoms with E-state index in [0.29, 0.717) is 12.3 Å². The van der Waals surface area contributed by atoms with Gasteiger partial charge in [-0.25, -0.2) is 4.98 Å². The lowest BCUT2D eigenvalue weighted by atomic mass is 10.2. The molecule has 1 aliphatic heterocycles. The SMILES string of the molecule is CCCCC(=O)N1CCN(c2nc3ccc(SC)cc3s2)CC1. The highest BCUT2D eigenvalue weighted by atomic mass is 32.2. The lowest BCUT2D eigenvalue weighted by molar-refractivity contribution is -0.131. The van der Waals surface area contributed by atoms with Gasteiger partial charge in [0.05, 0.1) is 10.2 Å². The van der Waals surface area contributed by atoms with E-state index in [1.807, 2.05) is 4.90 Å². The molecule has 1 aromatic heterocycles. The van der Waals surface area contributed by atoms with Crippen molar-refractivity contribution in [1.82, 2.24) is 9.88 Å². The molecule has 124 valence electrons. The molecular formula is C17H23N3OS2. The smallest absolute Gasteiger partial charge is 0.222 e. The summed E-state index contributed by atoms with van der Waals surface area (Å²) in [6.07, 6.45) is 4.86. The van der Waals surface area contributed by atoms with Crippen LogP contribution in [0.15, 0.2) is 23.1 Å². The predicted octanol–water partition coefficient (Wildman–Crippen LogP) is 3.86. The summed E-state index contributed by atoms with van der Waals surface area (Å²) >= 11 is 3.51. The van der Waals surface area contributed by atoms with Crippen molar-refractivity contribution in [3.63, 3.8) is 0 Å². The summed E-state index contributed by atoms with van der Waals surface area (Å²) in [5.74, 6) is 0.306. The van der Waals surface area contributed by atoms with Crippen LogP contribution in [0.5, 0.6) is 0 Å². The van der Waals surface area contributed by atoms with Gasteiger partial charge in [-0.2, -0.15) is 0 Å². The van der Waals surface area contributed by atoms with Gasteiger partial charge in [-0.1, -0.05) is 24.7 Å². The fourth-order valence-corrected chi connectivity index (χ4v) is 4.36. The van der Waals surface area contributed by atoms with Crippen molar-refractivity contribution in [1.29, 1.82) is 0 Å². The van der Waals surface area contributed by atoms with Crippen LogP contribution in [0.25, 0.3) is 10.2 Å². The Labute approximate surface area is 145 Å². The van der Waals surface area contributed by atoms with Crippen LogP contribution in [0.1, 0.15) is 26.2 Å². The summed E-state index contributed by atoms with van der Waals surface area (Å²) in [7, 11) is 0. The Hall–Kier alpha value is -1.27. The quantitative estimate of drug-likeness (QED) is 0.768. The lowest BCUT2D eigenvalue weighted by Gasteiger charge is -2.34. The van der Waals surface area contributed by atoms with Crippen molar-refractivity contribution >= 4 is 44.4 Å². The molecule has 1 saturated heterocycles. The highest BCUT2D eigenvalue weighted by molar-refractivity contribution is 7.98. The molecule has 1 aromatic carbocycles. The average Bonchev–Trinajstić information content (AvgIpc) is 3.02. The van der Waals surface area contributed by atoms with Gasteiger partial charge in [-0.15, -0.1) is 11.8 Å². The Morgan fingerprint density at radius 2 is 2.09 bits per heavy atom. The Kier molecular flexibility index (Phi) is 5.43. The van der Waals surface area contributed by atoms with Crippen molar-refractivity contribution in [2.24, 2.45) is 0 Å². The third-order valence-electron chi connectivity index (χ3n) is 4.23. The summed E-state index contributed by atoms with van der Waals surface area (Å²) in [6.45, 7) is 5.52. The topological polar surface area (TPSA) is 36.4 Å². The molecule has 0 aliphatic carbocycles. The third-order valence-corrected chi connectivity index (χ3v) is 6.04. The van der Waals surface area contributed by atoms with Gasteiger partial charge in [0.15, 0.2) is 5.13 Å². The van der Waals surface area contributed by atoms with Gasteiger partial charge in [-0.05, 0) is 30.9 Å². The maximum Gasteiger partial charge on any atom is 0.222 e. The van der Waals surface area contributed by atoms with E-state index in [1.165, 1.54) is 9.60 Å². The average molecular weight is 350 g/mol. The highest BCUT2D eigenvalue weighted by Gasteiger charge is 2.22. The van der Waals surface area contributed by atoms with Gasteiger partial charge >= 0.3 is 0 Å². The van der Waals surface area contributed by atoms with Crippen LogP contribution in [0, 0.1) is 0 Å². The van der Waals surface area contributed by atoms with Crippen molar-refractivity contribution in [2.45, 2.75) is 31.1 Å². The number of carbonyl (C=O) groups excluding carboxylic acids is 1. The Balaban J connectivity index is 1.64. The van der Waals surface area contributed by atoms with Crippen molar-refractivity contribution < 1.29 is 4.79 Å². The molecule has 0 spiro atoms. The molecule has 0 N–H and O–H groups in total. The second-order valence-corrected chi connectivity index (χ2v) is 7.69. The largest absolute Gasteiger partial charge is 0.345 e. The first kappa shape index (κ1) is 16.6. The fraction of sp³-hybridized carbons (Fsp3) is 0.529. The van der Waals surface area contributed by atoms with E-state index in [2.05, 4.69) is 36.3 Å². The molecule has 0 unspecified atom stereocenters. The Bertz CT molecular complexity index is 678. The van der Waals surface area contributed by atoms with Gasteiger partial charge in [-0.3, -0.25) is 4.79 Å². The molecule has 1 aliphatic rings. The predicted molar refractivity (Wildman–Crippen MR) is 99.7 cm³/mol. The molecule has 2 heterocycles. The molecule has 1 amide bonds. The normalized spacial score (nSPS) is 15.4. The first-order valence-electron chi connectivity index (χ1n) is 8.18.